The van der Waals surface area contributed by atoms with Gasteiger partial charge in [-0.2, -0.15) is 0 Å². The molecule has 5 atom stereocenters. The molecular weight excluding hydrogens is 312 g/mol. The molecule has 3 heteroatoms. The summed E-state index contributed by atoms with van der Waals surface area (Å²) in [6.45, 7) is 9.39. The summed E-state index contributed by atoms with van der Waals surface area (Å²) < 4.78 is 11.8. The Morgan fingerprint density at radius 1 is 1.28 bits per heavy atom. The number of esters is 1. The fourth-order valence-electron chi connectivity index (χ4n) is 4.84. The van der Waals surface area contributed by atoms with Gasteiger partial charge in [0.1, 0.15) is 0 Å². The van der Waals surface area contributed by atoms with Crippen LogP contribution in [-0.2, 0) is 20.7 Å². The van der Waals surface area contributed by atoms with Crippen LogP contribution in [0, 0.1) is 23.2 Å². The molecule has 0 N–H and O–H groups in total. The maximum Gasteiger partial charge on any atom is 0.302 e. The van der Waals surface area contributed by atoms with Crippen LogP contribution < -0.4 is 0 Å². The molecule has 0 radical (unpaired) electrons. The van der Waals surface area contributed by atoms with E-state index in [9.17, 15) is 4.79 Å². The number of allylic oxidation sites excluding steroid dienone is 1. The van der Waals surface area contributed by atoms with Crippen LogP contribution in [0.1, 0.15) is 39.7 Å². The molecular formula is C22H30O3. The number of benzene rings is 1. The Labute approximate surface area is 151 Å². The van der Waals surface area contributed by atoms with E-state index in [2.05, 4.69) is 57.2 Å². The Kier molecular flexibility index (Phi) is 5.33. The Hall–Kier alpha value is -1.61. The minimum Gasteiger partial charge on any atom is -0.465 e. The van der Waals surface area contributed by atoms with Gasteiger partial charge in [-0.25, -0.2) is 0 Å². The second-order valence-corrected chi connectivity index (χ2v) is 7.90. The van der Waals surface area contributed by atoms with Gasteiger partial charge in [0.05, 0.1) is 19.3 Å². The monoisotopic (exact) mass is 342 g/mol. The lowest BCUT2D eigenvalue weighted by Gasteiger charge is -2.55. The van der Waals surface area contributed by atoms with Gasteiger partial charge in [0, 0.05) is 18.3 Å². The number of hydrogen-bond acceptors (Lipinski definition) is 3. The van der Waals surface area contributed by atoms with E-state index in [0.717, 1.165) is 12.8 Å². The van der Waals surface area contributed by atoms with Crippen LogP contribution in [0.2, 0.25) is 0 Å². The van der Waals surface area contributed by atoms with E-state index < -0.39 is 0 Å². The summed E-state index contributed by atoms with van der Waals surface area (Å²) in [6, 6.07) is 10.6. The molecule has 3 rings (SSSR count). The van der Waals surface area contributed by atoms with Crippen LogP contribution in [0.25, 0.3) is 0 Å². The van der Waals surface area contributed by atoms with Gasteiger partial charge < -0.3 is 9.47 Å². The Morgan fingerprint density at radius 2 is 2.00 bits per heavy atom. The smallest absolute Gasteiger partial charge is 0.302 e. The fourth-order valence-corrected chi connectivity index (χ4v) is 4.84. The second kappa shape index (κ2) is 7.33. The topological polar surface area (TPSA) is 35.5 Å². The molecule has 1 heterocycles. The van der Waals surface area contributed by atoms with Gasteiger partial charge in [0.25, 0.3) is 0 Å². The molecule has 1 aliphatic heterocycles. The molecule has 1 fully saturated rings. The van der Waals surface area contributed by atoms with E-state index in [0.29, 0.717) is 31.0 Å². The number of hydrogen-bond donors (Lipinski definition) is 0. The first-order valence-corrected chi connectivity index (χ1v) is 9.41. The summed E-state index contributed by atoms with van der Waals surface area (Å²) in [4.78, 5) is 11.4. The third-order valence-electron chi connectivity index (χ3n) is 6.46. The molecule has 2 bridgehead atoms. The maximum atomic E-state index is 11.4. The number of carbonyl (C=O) groups is 1. The van der Waals surface area contributed by atoms with Gasteiger partial charge in [-0.05, 0) is 37.2 Å². The zero-order valence-electron chi connectivity index (χ0n) is 15.8. The van der Waals surface area contributed by atoms with Crippen molar-refractivity contribution in [3.8, 4) is 0 Å². The summed E-state index contributed by atoms with van der Waals surface area (Å²) in [5.74, 6) is 1.00. The van der Waals surface area contributed by atoms with Crippen LogP contribution >= 0.6 is 0 Å². The van der Waals surface area contributed by atoms with E-state index in [4.69, 9.17) is 9.47 Å². The molecule has 3 nitrogen and oxygen atoms in total. The normalized spacial score (nSPS) is 34.3. The van der Waals surface area contributed by atoms with Crippen LogP contribution in [-0.4, -0.2) is 25.3 Å². The SMILES string of the molecule is CC(=O)OC[C@]12CO[C@@H](CCc3ccccc3)[C@@H](C(C)=C[C@@H]1C)[C@H]2C. The van der Waals surface area contributed by atoms with E-state index in [1.54, 1.807) is 0 Å². The summed E-state index contributed by atoms with van der Waals surface area (Å²) in [6.07, 6.45) is 4.69. The van der Waals surface area contributed by atoms with Gasteiger partial charge in [0.15, 0.2) is 0 Å². The summed E-state index contributed by atoms with van der Waals surface area (Å²) >= 11 is 0. The zero-order chi connectivity index (χ0) is 18.0. The highest BCUT2D eigenvalue weighted by molar-refractivity contribution is 5.65. The minimum atomic E-state index is -0.206. The van der Waals surface area contributed by atoms with Crippen LogP contribution in [0.4, 0.5) is 0 Å². The number of aryl methyl sites for hydroxylation is 1. The van der Waals surface area contributed by atoms with Crippen molar-refractivity contribution in [2.24, 2.45) is 23.2 Å². The first-order chi connectivity index (χ1) is 11.9. The van der Waals surface area contributed by atoms with Crippen molar-refractivity contribution in [2.45, 2.75) is 46.6 Å². The van der Waals surface area contributed by atoms with Crippen molar-refractivity contribution in [3.05, 3.63) is 47.5 Å². The molecule has 1 aliphatic carbocycles. The maximum absolute atomic E-state index is 11.4. The lowest BCUT2D eigenvalue weighted by molar-refractivity contribution is -0.179. The Bertz CT molecular complexity index is 636. The van der Waals surface area contributed by atoms with E-state index in [-0.39, 0.29) is 17.5 Å². The van der Waals surface area contributed by atoms with Crippen molar-refractivity contribution in [1.82, 2.24) is 0 Å². The molecule has 1 aromatic carbocycles. The molecule has 25 heavy (non-hydrogen) atoms. The summed E-state index contributed by atoms with van der Waals surface area (Å²) in [5.41, 5.74) is 2.69. The molecule has 0 amide bonds. The highest BCUT2D eigenvalue weighted by Crippen LogP contribution is 2.53. The van der Waals surface area contributed by atoms with Gasteiger partial charge in [0.2, 0.25) is 0 Å². The van der Waals surface area contributed by atoms with E-state index in [1.807, 2.05) is 0 Å². The molecule has 136 valence electrons. The number of rotatable bonds is 5. The van der Waals surface area contributed by atoms with Crippen molar-refractivity contribution in [3.63, 3.8) is 0 Å². The first-order valence-electron chi connectivity index (χ1n) is 9.41. The van der Waals surface area contributed by atoms with E-state index in [1.165, 1.54) is 18.1 Å². The quantitative estimate of drug-likeness (QED) is 0.587. The van der Waals surface area contributed by atoms with Crippen molar-refractivity contribution < 1.29 is 14.3 Å². The lowest BCUT2D eigenvalue weighted by atomic mass is 9.56. The Balaban J connectivity index is 1.76. The van der Waals surface area contributed by atoms with Gasteiger partial charge >= 0.3 is 5.97 Å². The number of ether oxygens (including phenoxy) is 2. The van der Waals surface area contributed by atoms with Crippen LogP contribution in [0.5, 0.6) is 0 Å². The van der Waals surface area contributed by atoms with Gasteiger partial charge in [-0.15, -0.1) is 0 Å². The molecule has 1 aromatic rings. The highest BCUT2D eigenvalue weighted by atomic mass is 16.5. The minimum absolute atomic E-state index is 0.0981. The van der Waals surface area contributed by atoms with Crippen molar-refractivity contribution >= 4 is 5.97 Å². The molecule has 0 spiro atoms. The van der Waals surface area contributed by atoms with Crippen LogP contribution in [0.15, 0.2) is 42.0 Å². The lowest BCUT2D eigenvalue weighted by Crippen LogP contribution is -2.56. The summed E-state index contributed by atoms with van der Waals surface area (Å²) in [5, 5.41) is 0. The molecule has 0 saturated carbocycles. The highest BCUT2D eigenvalue weighted by Gasteiger charge is 2.53. The second-order valence-electron chi connectivity index (χ2n) is 7.90. The first kappa shape index (κ1) is 18.2. The molecule has 0 aromatic heterocycles. The van der Waals surface area contributed by atoms with Crippen LogP contribution in [0.3, 0.4) is 0 Å². The number of fused-ring (bicyclic) bond motifs is 2. The number of carbonyl (C=O) groups excluding carboxylic acids is 1. The van der Waals surface area contributed by atoms with E-state index >= 15 is 0 Å². The fraction of sp³-hybridized carbons (Fsp3) is 0.591. The average Bonchev–Trinajstić information content (AvgIpc) is 2.58. The third-order valence-corrected chi connectivity index (χ3v) is 6.46. The van der Waals surface area contributed by atoms with Gasteiger partial charge in [-0.1, -0.05) is 55.8 Å². The van der Waals surface area contributed by atoms with Gasteiger partial charge in [-0.3, -0.25) is 4.79 Å². The average molecular weight is 342 g/mol. The largest absolute Gasteiger partial charge is 0.465 e. The molecule has 2 aliphatic rings. The molecule has 1 saturated heterocycles. The molecule has 0 unspecified atom stereocenters. The van der Waals surface area contributed by atoms with Crippen molar-refractivity contribution in [1.29, 1.82) is 0 Å². The predicted molar refractivity (Wildman–Crippen MR) is 99.1 cm³/mol. The summed E-state index contributed by atoms with van der Waals surface area (Å²) in [7, 11) is 0. The predicted octanol–water partition coefficient (Wildman–Crippen LogP) is 4.42. The standard InChI is InChI=1S/C22H30O3/c1-15-12-16(2)22(13-24-18(4)23)14-25-20(21(15)17(22)3)11-10-19-8-6-5-7-9-19/h5-9,12,16-17,20-21H,10-11,13-14H2,1-4H3/t16-,17+,20-,21-,22-/m0/s1. The third kappa shape index (κ3) is 3.52. The van der Waals surface area contributed by atoms with Crippen molar-refractivity contribution in [2.75, 3.05) is 13.2 Å². The zero-order valence-corrected chi connectivity index (χ0v) is 15.8. The Morgan fingerprint density at radius 3 is 2.68 bits per heavy atom.